The third kappa shape index (κ3) is 8.50. The van der Waals surface area contributed by atoms with Crippen molar-refractivity contribution in [1.29, 1.82) is 0 Å². The molecular weight excluding hydrogens is 336 g/mol. The van der Waals surface area contributed by atoms with Crippen molar-refractivity contribution in [2.24, 2.45) is 0 Å². The van der Waals surface area contributed by atoms with E-state index in [1.54, 1.807) is 46.8 Å². The normalized spacial score (nSPS) is 12.8. The summed E-state index contributed by atoms with van der Waals surface area (Å²) in [4.78, 5) is 35.6. The highest BCUT2D eigenvalue weighted by atomic mass is 16.6. The number of carbonyl (C=O) groups excluding carboxylic acids is 2. The number of carbonyl (C=O) groups is 3. The number of amides is 2. The van der Waals surface area contributed by atoms with Gasteiger partial charge in [-0.25, -0.2) is 9.59 Å². The van der Waals surface area contributed by atoms with E-state index in [4.69, 9.17) is 4.74 Å². The van der Waals surface area contributed by atoms with Crippen LogP contribution in [-0.2, 0) is 20.7 Å². The summed E-state index contributed by atoms with van der Waals surface area (Å²) in [6.07, 6.45) is -0.526. The molecule has 2 amide bonds. The van der Waals surface area contributed by atoms with Crippen molar-refractivity contribution in [1.82, 2.24) is 10.6 Å². The third-order valence-corrected chi connectivity index (χ3v) is 3.36. The molecule has 0 saturated heterocycles. The zero-order valence-electron chi connectivity index (χ0n) is 16.0. The van der Waals surface area contributed by atoms with Crippen LogP contribution in [0, 0.1) is 0 Å². The Bertz CT molecular complexity index is 635. The minimum atomic E-state index is -1.11. The topological polar surface area (TPSA) is 105 Å². The van der Waals surface area contributed by atoms with E-state index in [1.165, 1.54) is 0 Å². The highest BCUT2D eigenvalue weighted by molar-refractivity contribution is 5.84. The van der Waals surface area contributed by atoms with Crippen LogP contribution < -0.4 is 10.6 Å². The van der Waals surface area contributed by atoms with Crippen LogP contribution in [0.25, 0.3) is 0 Å². The molecule has 7 heteroatoms. The summed E-state index contributed by atoms with van der Waals surface area (Å²) < 4.78 is 5.18. The Morgan fingerprint density at radius 2 is 1.65 bits per heavy atom. The van der Waals surface area contributed by atoms with Crippen molar-refractivity contribution in [2.45, 2.75) is 64.6 Å². The van der Waals surface area contributed by atoms with Gasteiger partial charge in [0.2, 0.25) is 5.91 Å². The van der Waals surface area contributed by atoms with Gasteiger partial charge in [0.05, 0.1) is 0 Å². The molecule has 0 aliphatic rings. The van der Waals surface area contributed by atoms with Crippen molar-refractivity contribution in [3.05, 3.63) is 35.9 Å². The molecule has 1 aromatic rings. The number of hydrogen-bond donors (Lipinski definition) is 3. The van der Waals surface area contributed by atoms with Crippen LogP contribution >= 0.6 is 0 Å². The van der Waals surface area contributed by atoms with Gasteiger partial charge >= 0.3 is 12.1 Å². The van der Waals surface area contributed by atoms with Gasteiger partial charge in [-0.1, -0.05) is 30.3 Å². The fraction of sp³-hybridized carbons (Fsp3) is 0.526. The molecule has 0 radical (unpaired) electrons. The highest BCUT2D eigenvalue weighted by Crippen LogP contribution is 2.13. The minimum absolute atomic E-state index is 0.0786. The van der Waals surface area contributed by atoms with Crippen LogP contribution in [0.5, 0.6) is 0 Å². The molecule has 1 aromatic carbocycles. The molecule has 0 aromatic heterocycles. The van der Waals surface area contributed by atoms with Crippen molar-refractivity contribution in [3.8, 4) is 0 Å². The zero-order valence-corrected chi connectivity index (χ0v) is 16.0. The molecule has 7 nitrogen and oxygen atoms in total. The average Bonchev–Trinajstić information content (AvgIpc) is 2.43. The maximum atomic E-state index is 12.3. The van der Waals surface area contributed by atoms with E-state index in [-0.39, 0.29) is 12.8 Å². The largest absolute Gasteiger partial charge is 0.480 e. The fourth-order valence-electron chi connectivity index (χ4n) is 2.32. The van der Waals surface area contributed by atoms with E-state index in [0.717, 1.165) is 5.56 Å². The number of aliphatic carboxylic acids is 1. The zero-order chi connectivity index (χ0) is 20.0. The number of benzene rings is 1. The lowest BCUT2D eigenvalue weighted by molar-refractivity contribution is -0.142. The first-order chi connectivity index (χ1) is 11.9. The maximum Gasteiger partial charge on any atom is 0.408 e. The molecule has 0 bridgehead atoms. The number of hydrogen-bond acceptors (Lipinski definition) is 4. The Kier molecular flexibility index (Phi) is 7.18. The summed E-state index contributed by atoms with van der Waals surface area (Å²) in [7, 11) is 0. The predicted octanol–water partition coefficient (Wildman–Crippen LogP) is 2.49. The SMILES string of the molecule is CC(C)(CC(=O)N[C@@H](Cc1ccccc1)C(=O)O)NC(=O)OC(C)(C)C. The smallest absolute Gasteiger partial charge is 0.408 e. The summed E-state index contributed by atoms with van der Waals surface area (Å²) >= 11 is 0. The van der Waals surface area contributed by atoms with Crippen molar-refractivity contribution >= 4 is 18.0 Å². The van der Waals surface area contributed by atoms with Gasteiger partial charge in [-0.3, -0.25) is 4.79 Å². The monoisotopic (exact) mass is 364 g/mol. The number of carboxylic acids is 1. The van der Waals surface area contributed by atoms with E-state index >= 15 is 0 Å². The van der Waals surface area contributed by atoms with Crippen molar-refractivity contribution in [3.63, 3.8) is 0 Å². The molecule has 0 saturated carbocycles. The van der Waals surface area contributed by atoms with Gasteiger partial charge in [-0.2, -0.15) is 0 Å². The Morgan fingerprint density at radius 1 is 1.08 bits per heavy atom. The van der Waals surface area contributed by atoms with E-state index < -0.39 is 35.2 Å². The molecule has 26 heavy (non-hydrogen) atoms. The number of ether oxygens (including phenoxy) is 1. The molecule has 0 heterocycles. The molecule has 1 atom stereocenters. The van der Waals surface area contributed by atoms with Gasteiger partial charge in [0.15, 0.2) is 0 Å². The number of rotatable bonds is 7. The van der Waals surface area contributed by atoms with Gasteiger partial charge in [0.1, 0.15) is 11.6 Å². The first-order valence-corrected chi connectivity index (χ1v) is 8.45. The van der Waals surface area contributed by atoms with Gasteiger partial charge in [-0.15, -0.1) is 0 Å². The summed E-state index contributed by atoms with van der Waals surface area (Å²) in [5, 5.41) is 14.5. The van der Waals surface area contributed by atoms with Crippen LogP contribution in [0.2, 0.25) is 0 Å². The lowest BCUT2D eigenvalue weighted by Crippen LogP contribution is -2.50. The predicted molar refractivity (Wildman–Crippen MR) is 97.8 cm³/mol. The lowest BCUT2D eigenvalue weighted by atomic mass is 9.99. The summed E-state index contributed by atoms with van der Waals surface area (Å²) in [6.45, 7) is 8.57. The van der Waals surface area contributed by atoms with E-state index in [0.29, 0.717) is 0 Å². The van der Waals surface area contributed by atoms with E-state index in [9.17, 15) is 19.5 Å². The van der Waals surface area contributed by atoms with Crippen LogP contribution in [0.3, 0.4) is 0 Å². The maximum absolute atomic E-state index is 12.3. The Labute approximate surface area is 154 Å². The van der Waals surface area contributed by atoms with Crippen LogP contribution in [0.4, 0.5) is 4.79 Å². The lowest BCUT2D eigenvalue weighted by Gasteiger charge is -2.28. The van der Waals surface area contributed by atoms with Crippen molar-refractivity contribution < 1.29 is 24.2 Å². The Hall–Kier alpha value is -2.57. The fourth-order valence-corrected chi connectivity index (χ4v) is 2.32. The Balaban J connectivity index is 2.63. The third-order valence-electron chi connectivity index (χ3n) is 3.36. The molecule has 0 fully saturated rings. The molecule has 0 aliphatic heterocycles. The molecule has 0 spiro atoms. The second-order valence-corrected chi connectivity index (χ2v) is 7.84. The van der Waals surface area contributed by atoms with E-state index in [2.05, 4.69) is 10.6 Å². The van der Waals surface area contributed by atoms with Gasteiger partial charge in [0, 0.05) is 18.4 Å². The van der Waals surface area contributed by atoms with Crippen LogP contribution in [0.15, 0.2) is 30.3 Å². The van der Waals surface area contributed by atoms with Crippen molar-refractivity contribution in [2.75, 3.05) is 0 Å². The quantitative estimate of drug-likeness (QED) is 0.689. The number of carboxylic acid groups (broad SMARTS) is 1. The molecule has 0 aliphatic carbocycles. The Morgan fingerprint density at radius 3 is 2.15 bits per heavy atom. The second kappa shape index (κ2) is 8.69. The van der Waals surface area contributed by atoms with E-state index in [1.807, 2.05) is 18.2 Å². The second-order valence-electron chi connectivity index (χ2n) is 7.84. The van der Waals surface area contributed by atoms with Gasteiger partial charge in [0.25, 0.3) is 0 Å². The summed E-state index contributed by atoms with van der Waals surface area (Å²) in [5.41, 5.74) is -0.722. The summed E-state index contributed by atoms with van der Waals surface area (Å²) in [5.74, 6) is -1.57. The number of nitrogens with one attached hydrogen (secondary N) is 2. The van der Waals surface area contributed by atoms with Gasteiger partial charge in [-0.05, 0) is 40.2 Å². The molecule has 144 valence electrons. The minimum Gasteiger partial charge on any atom is -0.480 e. The standard InChI is InChI=1S/C19H28N2O5/c1-18(2,3)26-17(25)21-19(4,5)12-15(22)20-14(16(23)24)11-13-9-7-6-8-10-13/h6-10,14H,11-12H2,1-5H3,(H,20,22)(H,21,25)(H,23,24)/t14-/m0/s1. The first-order valence-electron chi connectivity index (χ1n) is 8.45. The molecule has 0 unspecified atom stereocenters. The molecule has 1 rings (SSSR count). The number of alkyl carbamates (subject to hydrolysis) is 1. The average molecular weight is 364 g/mol. The summed E-state index contributed by atoms with van der Waals surface area (Å²) in [6, 6.07) is 8.02. The van der Waals surface area contributed by atoms with Crippen LogP contribution in [-0.4, -0.2) is 40.3 Å². The van der Waals surface area contributed by atoms with Gasteiger partial charge < -0.3 is 20.5 Å². The van der Waals surface area contributed by atoms with Crippen LogP contribution in [0.1, 0.15) is 46.6 Å². The molecular formula is C19H28N2O5. The highest BCUT2D eigenvalue weighted by Gasteiger charge is 2.29. The molecule has 3 N–H and O–H groups in total. The first kappa shape index (κ1) is 21.5.